The minimum absolute atomic E-state index is 0.133. The third kappa shape index (κ3) is 6.02. The van der Waals surface area contributed by atoms with Crippen molar-refractivity contribution in [2.24, 2.45) is 0 Å². The molecule has 0 aliphatic heterocycles. The molecule has 0 bridgehead atoms. The summed E-state index contributed by atoms with van der Waals surface area (Å²) in [4.78, 5) is 12.7. The SMILES string of the molecule is Cc1ccc(S(=O)C[C@H](O)CCCCC(=O)c2ccccc2)cc1. The maximum Gasteiger partial charge on any atom is 0.162 e. The third-order valence-corrected chi connectivity index (χ3v) is 5.40. The quantitative estimate of drug-likeness (QED) is 0.554. The van der Waals surface area contributed by atoms with Gasteiger partial charge in [-0.05, 0) is 31.9 Å². The van der Waals surface area contributed by atoms with Crippen LogP contribution in [0, 0.1) is 6.92 Å². The van der Waals surface area contributed by atoms with Gasteiger partial charge >= 0.3 is 0 Å². The van der Waals surface area contributed by atoms with Crippen LogP contribution in [0.25, 0.3) is 0 Å². The lowest BCUT2D eigenvalue weighted by Crippen LogP contribution is -2.16. The van der Waals surface area contributed by atoms with E-state index in [9.17, 15) is 14.1 Å². The third-order valence-electron chi connectivity index (χ3n) is 3.91. The zero-order chi connectivity index (χ0) is 17.4. The van der Waals surface area contributed by atoms with Crippen molar-refractivity contribution >= 4 is 16.6 Å². The van der Waals surface area contributed by atoms with Crippen molar-refractivity contribution in [2.45, 2.75) is 43.6 Å². The molecule has 2 atom stereocenters. The summed E-state index contributed by atoms with van der Waals surface area (Å²) in [6.45, 7) is 1.98. The van der Waals surface area contributed by atoms with Gasteiger partial charge in [0.1, 0.15) is 0 Å². The van der Waals surface area contributed by atoms with Gasteiger partial charge < -0.3 is 5.11 Å². The molecule has 0 saturated heterocycles. The molecule has 0 spiro atoms. The fourth-order valence-electron chi connectivity index (χ4n) is 2.48. The Morgan fingerprint density at radius 1 is 1.04 bits per heavy atom. The van der Waals surface area contributed by atoms with E-state index >= 15 is 0 Å². The number of aliphatic hydroxyl groups is 1. The van der Waals surface area contributed by atoms with Crippen molar-refractivity contribution in [3.63, 3.8) is 0 Å². The Kier molecular flexibility index (Phi) is 7.35. The standard InChI is InChI=1S/C20H24O3S/c1-16-11-13-19(14-12-16)24(23)15-18(21)9-5-6-10-20(22)17-7-3-2-4-8-17/h2-4,7-8,11-14,18,21H,5-6,9-10,15H2,1H3/t18-,24?/m1/s1. The average molecular weight is 344 g/mol. The Morgan fingerprint density at radius 2 is 1.71 bits per heavy atom. The van der Waals surface area contributed by atoms with Crippen LogP contribution in [0.15, 0.2) is 59.5 Å². The second-order valence-corrected chi connectivity index (χ2v) is 7.51. The Labute approximate surface area is 146 Å². The largest absolute Gasteiger partial charge is 0.392 e. The molecule has 24 heavy (non-hydrogen) atoms. The number of aliphatic hydroxyl groups excluding tert-OH is 1. The van der Waals surface area contributed by atoms with Crippen LogP contribution >= 0.6 is 0 Å². The van der Waals surface area contributed by atoms with Crippen LogP contribution in [0.4, 0.5) is 0 Å². The highest BCUT2D eigenvalue weighted by atomic mass is 32.2. The first-order chi connectivity index (χ1) is 11.6. The van der Waals surface area contributed by atoms with E-state index in [1.165, 1.54) is 0 Å². The number of hydrogen-bond donors (Lipinski definition) is 1. The van der Waals surface area contributed by atoms with E-state index in [-0.39, 0.29) is 11.5 Å². The molecular weight excluding hydrogens is 320 g/mol. The number of carbonyl (C=O) groups is 1. The first-order valence-corrected chi connectivity index (χ1v) is 9.59. The minimum atomic E-state index is -1.18. The van der Waals surface area contributed by atoms with Crippen molar-refractivity contribution in [1.29, 1.82) is 0 Å². The topological polar surface area (TPSA) is 54.4 Å². The Bertz CT molecular complexity index is 665. The molecule has 0 saturated carbocycles. The fourth-order valence-corrected chi connectivity index (χ4v) is 3.63. The molecule has 128 valence electrons. The van der Waals surface area contributed by atoms with Crippen molar-refractivity contribution in [2.75, 3.05) is 5.75 Å². The number of ketones is 1. The molecule has 0 aliphatic carbocycles. The van der Waals surface area contributed by atoms with Gasteiger partial charge in [0.25, 0.3) is 0 Å². The number of unbranched alkanes of at least 4 members (excludes halogenated alkanes) is 1. The average Bonchev–Trinajstić information content (AvgIpc) is 2.59. The van der Waals surface area contributed by atoms with E-state index in [0.29, 0.717) is 12.8 Å². The summed E-state index contributed by atoms with van der Waals surface area (Å²) in [5.74, 6) is 0.378. The first-order valence-electron chi connectivity index (χ1n) is 8.27. The Morgan fingerprint density at radius 3 is 2.38 bits per heavy atom. The maximum absolute atomic E-state index is 12.2. The summed E-state index contributed by atoms with van der Waals surface area (Å²) >= 11 is 0. The second kappa shape index (κ2) is 9.50. The number of aryl methyl sites for hydroxylation is 1. The van der Waals surface area contributed by atoms with Crippen molar-refractivity contribution in [1.82, 2.24) is 0 Å². The second-order valence-electron chi connectivity index (χ2n) is 6.01. The van der Waals surface area contributed by atoms with Crippen LogP contribution in [0.3, 0.4) is 0 Å². The number of carbonyl (C=O) groups excluding carboxylic acids is 1. The van der Waals surface area contributed by atoms with Gasteiger partial charge in [0.2, 0.25) is 0 Å². The van der Waals surface area contributed by atoms with Crippen LogP contribution in [0.2, 0.25) is 0 Å². The molecule has 4 heteroatoms. The van der Waals surface area contributed by atoms with Crippen molar-refractivity contribution in [3.8, 4) is 0 Å². The zero-order valence-electron chi connectivity index (χ0n) is 14.0. The van der Waals surface area contributed by atoms with Gasteiger partial charge in [0, 0.05) is 16.9 Å². The minimum Gasteiger partial charge on any atom is -0.392 e. The molecule has 2 aromatic rings. The van der Waals surface area contributed by atoms with Crippen LogP contribution < -0.4 is 0 Å². The lowest BCUT2D eigenvalue weighted by Gasteiger charge is -2.10. The van der Waals surface area contributed by atoms with Gasteiger partial charge in [-0.2, -0.15) is 0 Å². The number of rotatable bonds is 9. The summed E-state index contributed by atoms with van der Waals surface area (Å²) in [7, 11) is -1.18. The fraction of sp³-hybridized carbons (Fsp3) is 0.350. The molecule has 1 N–H and O–H groups in total. The summed E-state index contributed by atoms with van der Waals surface area (Å²) < 4.78 is 12.2. The van der Waals surface area contributed by atoms with Crippen LogP contribution in [0.5, 0.6) is 0 Å². The van der Waals surface area contributed by atoms with Gasteiger partial charge in [0.15, 0.2) is 5.78 Å². The Hall–Kier alpha value is -1.78. The Balaban J connectivity index is 1.68. The van der Waals surface area contributed by atoms with E-state index in [0.717, 1.165) is 28.9 Å². The van der Waals surface area contributed by atoms with Crippen molar-refractivity contribution in [3.05, 3.63) is 65.7 Å². The number of benzene rings is 2. The highest BCUT2D eigenvalue weighted by Gasteiger charge is 2.12. The zero-order valence-corrected chi connectivity index (χ0v) is 14.8. The number of hydrogen-bond acceptors (Lipinski definition) is 3. The first kappa shape index (κ1) is 18.6. The van der Waals surface area contributed by atoms with E-state index in [4.69, 9.17) is 0 Å². The summed E-state index contributed by atoms with van der Waals surface area (Å²) in [6.07, 6.45) is 1.95. The molecule has 0 amide bonds. The summed E-state index contributed by atoms with van der Waals surface area (Å²) in [5, 5.41) is 10.0. The van der Waals surface area contributed by atoms with Gasteiger partial charge in [-0.25, -0.2) is 0 Å². The lowest BCUT2D eigenvalue weighted by atomic mass is 10.0. The van der Waals surface area contributed by atoms with Crippen LogP contribution in [0.1, 0.15) is 41.6 Å². The van der Waals surface area contributed by atoms with Gasteiger partial charge in [-0.15, -0.1) is 0 Å². The molecule has 0 fully saturated rings. The molecular formula is C20H24O3S. The summed E-state index contributed by atoms with van der Waals surface area (Å²) in [6, 6.07) is 16.8. The normalized spacial score (nSPS) is 13.4. The van der Waals surface area contributed by atoms with Crippen LogP contribution in [-0.2, 0) is 10.8 Å². The van der Waals surface area contributed by atoms with Crippen molar-refractivity contribution < 1.29 is 14.1 Å². The van der Waals surface area contributed by atoms with E-state index in [2.05, 4.69) is 0 Å². The molecule has 1 unspecified atom stereocenters. The van der Waals surface area contributed by atoms with E-state index < -0.39 is 16.9 Å². The maximum atomic E-state index is 12.2. The van der Waals surface area contributed by atoms with Gasteiger partial charge in [-0.1, -0.05) is 54.4 Å². The lowest BCUT2D eigenvalue weighted by molar-refractivity contribution is 0.0976. The molecule has 0 radical (unpaired) electrons. The summed E-state index contributed by atoms with van der Waals surface area (Å²) in [5.41, 5.74) is 1.86. The monoisotopic (exact) mass is 344 g/mol. The molecule has 0 aliphatic rings. The molecule has 2 aromatic carbocycles. The predicted octanol–water partition coefficient (Wildman–Crippen LogP) is 3.91. The van der Waals surface area contributed by atoms with Gasteiger partial charge in [0.05, 0.1) is 22.7 Å². The highest BCUT2D eigenvalue weighted by molar-refractivity contribution is 7.85. The van der Waals surface area contributed by atoms with E-state index in [1.54, 1.807) is 0 Å². The molecule has 2 rings (SSSR count). The smallest absolute Gasteiger partial charge is 0.162 e. The van der Waals surface area contributed by atoms with Crippen LogP contribution in [-0.4, -0.2) is 27.0 Å². The van der Waals surface area contributed by atoms with Gasteiger partial charge in [-0.3, -0.25) is 9.00 Å². The molecule has 0 heterocycles. The predicted molar refractivity (Wildman–Crippen MR) is 97.7 cm³/mol. The highest BCUT2D eigenvalue weighted by Crippen LogP contribution is 2.13. The molecule has 3 nitrogen and oxygen atoms in total. The molecule has 0 aromatic heterocycles. The van der Waals surface area contributed by atoms with E-state index in [1.807, 2.05) is 61.5 Å². The number of Topliss-reactive ketones (excluding diaryl/α,β-unsaturated/α-hetero) is 1.